The molecule has 3 N–H and O–H groups in total. The van der Waals surface area contributed by atoms with Crippen molar-refractivity contribution in [1.29, 1.82) is 0 Å². The number of hydrogen-bond acceptors (Lipinski definition) is 3. The maximum absolute atomic E-state index is 5.69. The summed E-state index contributed by atoms with van der Waals surface area (Å²) >= 11 is 0. The molecule has 13 heavy (non-hydrogen) atoms. The number of hydrogen-bond donors (Lipinski definition) is 2. The molecule has 0 spiro atoms. The molecule has 0 aromatic carbocycles. The smallest absolute Gasteiger partial charge is 0.0119 e. The molecule has 1 unspecified atom stereocenters. The van der Waals surface area contributed by atoms with E-state index in [4.69, 9.17) is 5.73 Å². The highest BCUT2D eigenvalue weighted by Gasteiger charge is 2.27. The molecule has 3 heteroatoms. The minimum Gasteiger partial charge on any atom is -0.330 e. The Bertz CT molecular complexity index is 154. The first-order valence-electron chi connectivity index (χ1n) is 5.55. The molecule has 2 saturated heterocycles. The molecule has 2 fully saturated rings. The predicted molar refractivity (Wildman–Crippen MR) is 54.6 cm³/mol. The zero-order valence-corrected chi connectivity index (χ0v) is 8.34. The van der Waals surface area contributed by atoms with Crippen molar-refractivity contribution in [1.82, 2.24) is 10.2 Å². The van der Waals surface area contributed by atoms with Crippen LogP contribution < -0.4 is 11.1 Å². The molecule has 0 radical (unpaired) electrons. The fraction of sp³-hybridized carbons (Fsp3) is 1.00. The van der Waals surface area contributed by atoms with E-state index in [2.05, 4.69) is 10.2 Å². The second-order valence-electron chi connectivity index (χ2n) is 4.37. The lowest BCUT2D eigenvalue weighted by molar-refractivity contribution is 0.193. The van der Waals surface area contributed by atoms with E-state index in [1.807, 2.05) is 0 Å². The third-order valence-electron chi connectivity index (χ3n) is 3.48. The molecule has 3 nitrogen and oxygen atoms in total. The average molecular weight is 183 g/mol. The minimum absolute atomic E-state index is 0.773. The maximum Gasteiger partial charge on any atom is 0.0119 e. The molecular formula is C10H21N3. The van der Waals surface area contributed by atoms with Crippen molar-refractivity contribution in [2.24, 2.45) is 11.7 Å². The van der Waals surface area contributed by atoms with Crippen LogP contribution in [0.25, 0.3) is 0 Å². The summed E-state index contributed by atoms with van der Waals surface area (Å²) in [6, 6.07) is 0.845. The third kappa shape index (κ3) is 2.22. The van der Waals surface area contributed by atoms with E-state index < -0.39 is 0 Å². The van der Waals surface area contributed by atoms with Crippen molar-refractivity contribution in [3.8, 4) is 0 Å². The van der Waals surface area contributed by atoms with Gasteiger partial charge in [0.15, 0.2) is 0 Å². The molecule has 0 aromatic heterocycles. The lowest BCUT2D eigenvalue weighted by Crippen LogP contribution is -2.42. The van der Waals surface area contributed by atoms with Crippen LogP contribution in [0.4, 0.5) is 0 Å². The highest BCUT2D eigenvalue weighted by atomic mass is 15.2. The van der Waals surface area contributed by atoms with E-state index in [1.165, 1.54) is 45.4 Å². The van der Waals surface area contributed by atoms with Crippen LogP contribution in [0.3, 0.4) is 0 Å². The summed E-state index contributed by atoms with van der Waals surface area (Å²) in [6.45, 7) is 5.82. The van der Waals surface area contributed by atoms with Crippen molar-refractivity contribution in [3.63, 3.8) is 0 Å². The van der Waals surface area contributed by atoms with Crippen LogP contribution in [0.2, 0.25) is 0 Å². The van der Waals surface area contributed by atoms with E-state index in [0.717, 1.165) is 18.5 Å². The highest BCUT2D eigenvalue weighted by molar-refractivity contribution is 4.84. The summed E-state index contributed by atoms with van der Waals surface area (Å²) in [4.78, 5) is 2.65. The van der Waals surface area contributed by atoms with E-state index >= 15 is 0 Å². The van der Waals surface area contributed by atoms with Gasteiger partial charge >= 0.3 is 0 Å². The summed E-state index contributed by atoms with van der Waals surface area (Å²) in [5, 5.41) is 3.41. The first-order chi connectivity index (χ1) is 6.40. The lowest BCUT2D eigenvalue weighted by Gasteiger charge is -2.31. The van der Waals surface area contributed by atoms with Gasteiger partial charge in [-0.25, -0.2) is 0 Å². The van der Waals surface area contributed by atoms with Gasteiger partial charge in [0.05, 0.1) is 0 Å². The Hall–Kier alpha value is -0.120. The zero-order valence-electron chi connectivity index (χ0n) is 8.34. The second-order valence-corrected chi connectivity index (χ2v) is 4.37. The molecule has 2 heterocycles. The Morgan fingerprint density at radius 1 is 1.23 bits per heavy atom. The number of nitrogens with one attached hydrogen (secondary N) is 1. The molecule has 2 rings (SSSR count). The van der Waals surface area contributed by atoms with Crippen molar-refractivity contribution >= 4 is 0 Å². The molecule has 0 saturated carbocycles. The van der Waals surface area contributed by atoms with Crippen LogP contribution in [0.5, 0.6) is 0 Å². The van der Waals surface area contributed by atoms with E-state index in [1.54, 1.807) is 0 Å². The van der Waals surface area contributed by atoms with Gasteiger partial charge in [-0.15, -0.1) is 0 Å². The second kappa shape index (κ2) is 4.40. The quantitative estimate of drug-likeness (QED) is 0.634. The molecule has 2 aliphatic rings. The molecule has 0 bridgehead atoms. The van der Waals surface area contributed by atoms with Gasteiger partial charge in [0.1, 0.15) is 0 Å². The van der Waals surface area contributed by atoms with Gasteiger partial charge in [0.25, 0.3) is 0 Å². The summed E-state index contributed by atoms with van der Waals surface area (Å²) < 4.78 is 0. The molecule has 76 valence electrons. The van der Waals surface area contributed by atoms with Crippen molar-refractivity contribution in [2.45, 2.75) is 25.3 Å². The number of likely N-dealkylation sites (tertiary alicyclic amines) is 1. The Kier molecular flexibility index (Phi) is 3.19. The van der Waals surface area contributed by atoms with Gasteiger partial charge in [0.2, 0.25) is 0 Å². The summed E-state index contributed by atoms with van der Waals surface area (Å²) in [6.07, 6.45) is 3.98. The van der Waals surface area contributed by atoms with Crippen LogP contribution in [0.1, 0.15) is 19.3 Å². The van der Waals surface area contributed by atoms with Gasteiger partial charge in [-0.1, -0.05) is 0 Å². The standard InChI is InChI=1S/C10H21N3/c11-7-9-3-6-13(8-9)10-1-4-12-5-2-10/h9-10,12H,1-8,11H2. The van der Waals surface area contributed by atoms with Crippen LogP contribution in [-0.2, 0) is 0 Å². The molecule has 1 atom stereocenters. The number of rotatable bonds is 2. The molecule has 0 aliphatic carbocycles. The van der Waals surface area contributed by atoms with Crippen LogP contribution >= 0.6 is 0 Å². The van der Waals surface area contributed by atoms with Gasteiger partial charge in [-0.3, -0.25) is 4.90 Å². The number of nitrogens with zero attached hydrogens (tertiary/aromatic N) is 1. The average Bonchev–Trinajstić information content (AvgIpc) is 2.67. The topological polar surface area (TPSA) is 41.3 Å². The Labute approximate surface area is 80.7 Å². The minimum atomic E-state index is 0.773. The zero-order chi connectivity index (χ0) is 9.10. The summed E-state index contributed by atoms with van der Waals surface area (Å²) in [5.74, 6) is 0.773. The first-order valence-corrected chi connectivity index (χ1v) is 5.55. The molecule has 0 aromatic rings. The molecular weight excluding hydrogens is 162 g/mol. The summed E-state index contributed by atoms with van der Waals surface area (Å²) in [7, 11) is 0. The van der Waals surface area contributed by atoms with Crippen molar-refractivity contribution in [2.75, 3.05) is 32.7 Å². The molecule has 2 aliphatic heterocycles. The molecule has 0 amide bonds. The highest BCUT2D eigenvalue weighted by Crippen LogP contribution is 2.21. The first kappa shape index (κ1) is 9.44. The Morgan fingerprint density at radius 3 is 2.62 bits per heavy atom. The van der Waals surface area contributed by atoms with Gasteiger partial charge < -0.3 is 11.1 Å². The SMILES string of the molecule is NCC1CCN(C2CCNCC2)C1. The van der Waals surface area contributed by atoms with Crippen LogP contribution in [0, 0.1) is 5.92 Å². The fourth-order valence-corrected chi connectivity index (χ4v) is 2.56. The Balaban J connectivity index is 1.80. The third-order valence-corrected chi connectivity index (χ3v) is 3.48. The Morgan fingerprint density at radius 2 is 2.00 bits per heavy atom. The largest absolute Gasteiger partial charge is 0.330 e. The van der Waals surface area contributed by atoms with E-state index in [0.29, 0.717) is 0 Å². The van der Waals surface area contributed by atoms with E-state index in [-0.39, 0.29) is 0 Å². The van der Waals surface area contributed by atoms with Gasteiger partial charge in [-0.2, -0.15) is 0 Å². The lowest BCUT2D eigenvalue weighted by atomic mass is 10.1. The monoisotopic (exact) mass is 183 g/mol. The van der Waals surface area contributed by atoms with Crippen molar-refractivity contribution in [3.05, 3.63) is 0 Å². The maximum atomic E-state index is 5.69. The van der Waals surface area contributed by atoms with Crippen LogP contribution in [-0.4, -0.2) is 43.7 Å². The normalized spacial score (nSPS) is 32.5. The number of piperidine rings is 1. The van der Waals surface area contributed by atoms with Gasteiger partial charge in [0, 0.05) is 12.6 Å². The van der Waals surface area contributed by atoms with Crippen molar-refractivity contribution < 1.29 is 0 Å². The van der Waals surface area contributed by atoms with E-state index in [9.17, 15) is 0 Å². The van der Waals surface area contributed by atoms with Gasteiger partial charge in [-0.05, 0) is 51.4 Å². The van der Waals surface area contributed by atoms with Crippen LogP contribution in [0.15, 0.2) is 0 Å². The predicted octanol–water partition coefficient (Wildman–Crippen LogP) is 0.0190. The summed E-state index contributed by atoms with van der Waals surface area (Å²) in [5.41, 5.74) is 5.69. The number of nitrogens with two attached hydrogens (primary N) is 1. The fourth-order valence-electron chi connectivity index (χ4n) is 2.56.